The highest BCUT2D eigenvalue weighted by atomic mass is 35.5. The molecule has 0 aromatic heterocycles. The highest BCUT2D eigenvalue weighted by molar-refractivity contribution is 6.30. The van der Waals surface area contributed by atoms with E-state index < -0.39 is 0 Å². The summed E-state index contributed by atoms with van der Waals surface area (Å²) in [4.78, 5) is 14.8. The van der Waals surface area contributed by atoms with E-state index >= 15 is 0 Å². The van der Waals surface area contributed by atoms with Crippen molar-refractivity contribution in [3.05, 3.63) is 99.8 Å². The molecule has 0 radical (unpaired) electrons. The standard InChI is InChI=1S/C23H19ClFNO2/c24-18-8-4-16(5-9-18)14-26-13-12-20-21(23(26)27)2-1-3-22(20)28-15-17-6-10-19(25)11-7-17/h1-11H,12-15H2. The Morgan fingerprint density at radius 2 is 1.68 bits per heavy atom. The average Bonchev–Trinajstić information content (AvgIpc) is 2.71. The zero-order valence-electron chi connectivity index (χ0n) is 15.2. The summed E-state index contributed by atoms with van der Waals surface area (Å²) < 4.78 is 19.0. The van der Waals surface area contributed by atoms with Crippen LogP contribution in [-0.2, 0) is 19.6 Å². The molecule has 0 spiro atoms. The van der Waals surface area contributed by atoms with Crippen LogP contribution in [0.4, 0.5) is 4.39 Å². The predicted molar refractivity (Wildman–Crippen MR) is 107 cm³/mol. The van der Waals surface area contributed by atoms with Crippen LogP contribution < -0.4 is 4.74 Å². The second kappa shape index (κ2) is 8.03. The molecule has 1 aliphatic heterocycles. The van der Waals surface area contributed by atoms with E-state index in [-0.39, 0.29) is 11.7 Å². The Labute approximate surface area is 168 Å². The van der Waals surface area contributed by atoms with Crippen molar-refractivity contribution in [2.45, 2.75) is 19.6 Å². The molecule has 0 N–H and O–H groups in total. The fraction of sp³-hybridized carbons (Fsp3) is 0.174. The molecule has 0 atom stereocenters. The molecule has 0 fully saturated rings. The molecule has 0 aliphatic carbocycles. The zero-order chi connectivity index (χ0) is 19.5. The topological polar surface area (TPSA) is 29.5 Å². The molecule has 0 bridgehead atoms. The Hall–Kier alpha value is -2.85. The number of amides is 1. The van der Waals surface area contributed by atoms with Crippen molar-refractivity contribution < 1.29 is 13.9 Å². The van der Waals surface area contributed by atoms with Crippen LogP contribution in [-0.4, -0.2) is 17.4 Å². The van der Waals surface area contributed by atoms with Crippen LogP contribution in [0.3, 0.4) is 0 Å². The number of benzene rings is 3. The van der Waals surface area contributed by atoms with Gasteiger partial charge in [-0.15, -0.1) is 0 Å². The maximum Gasteiger partial charge on any atom is 0.254 e. The number of rotatable bonds is 5. The minimum absolute atomic E-state index is 0.00318. The van der Waals surface area contributed by atoms with Gasteiger partial charge in [-0.3, -0.25) is 4.79 Å². The van der Waals surface area contributed by atoms with E-state index in [0.29, 0.717) is 36.0 Å². The van der Waals surface area contributed by atoms with Crippen LogP contribution in [0.2, 0.25) is 5.02 Å². The summed E-state index contributed by atoms with van der Waals surface area (Å²) in [5.41, 5.74) is 3.54. The van der Waals surface area contributed by atoms with E-state index in [2.05, 4.69) is 0 Å². The number of carbonyl (C=O) groups excluding carboxylic acids is 1. The summed E-state index contributed by atoms with van der Waals surface area (Å²) in [5.74, 6) is 0.442. The number of fused-ring (bicyclic) bond motifs is 1. The van der Waals surface area contributed by atoms with Crippen molar-refractivity contribution in [3.8, 4) is 5.75 Å². The summed E-state index contributed by atoms with van der Waals surface area (Å²) in [6.07, 6.45) is 0.730. The van der Waals surface area contributed by atoms with E-state index in [1.807, 2.05) is 47.4 Å². The molecule has 0 unspecified atom stereocenters. The first kappa shape index (κ1) is 18.5. The van der Waals surface area contributed by atoms with Crippen LogP contribution in [0.5, 0.6) is 5.75 Å². The van der Waals surface area contributed by atoms with Crippen molar-refractivity contribution in [3.63, 3.8) is 0 Å². The predicted octanol–water partition coefficient (Wildman–Crippen LogP) is 5.26. The van der Waals surface area contributed by atoms with Gasteiger partial charge in [0, 0.05) is 29.2 Å². The number of carbonyl (C=O) groups is 1. The normalized spacial score (nSPS) is 13.4. The lowest BCUT2D eigenvalue weighted by atomic mass is 9.97. The van der Waals surface area contributed by atoms with Gasteiger partial charge in [-0.2, -0.15) is 0 Å². The molecule has 3 aromatic rings. The molecule has 28 heavy (non-hydrogen) atoms. The van der Waals surface area contributed by atoms with Crippen LogP contribution in [0.1, 0.15) is 27.0 Å². The summed E-state index contributed by atoms with van der Waals surface area (Å²) in [6.45, 7) is 1.51. The Balaban J connectivity index is 1.49. The Bertz CT molecular complexity index is 986. The van der Waals surface area contributed by atoms with Crippen molar-refractivity contribution >= 4 is 17.5 Å². The Morgan fingerprint density at radius 3 is 2.43 bits per heavy atom. The van der Waals surface area contributed by atoms with Crippen molar-refractivity contribution in [2.24, 2.45) is 0 Å². The third-order valence-corrected chi connectivity index (χ3v) is 5.13. The minimum Gasteiger partial charge on any atom is -0.489 e. The molecule has 1 amide bonds. The monoisotopic (exact) mass is 395 g/mol. The molecule has 0 saturated heterocycles. The van der Waals surface area contributed by atoms with E-state index in [4.69, 9.17) is 16.3 Å². The zero-order valence-corrected chi connectivity index (χ0v) is 16.0. The lowest BCUT2D eigenvalue weighted by Gasteiger charge is -2.29. The smallest absolute Gasteiger partial charge is 0.254 e. The third kappa shape index (κ3) is 4.02. The van der Waals surface area contributed by atoms with Gasteiger partial charge in [0.25, 0.3) is 5.91 Å². The first-order chi connectivity index (χ1) is 13.6. The molecule has 1 aliphatic rings. The van der Waals surface area contributed by atoms with Gasteiger partial charge >= 0.3 is 0 Å². The largest absolute Gasteiger partial charge is 0.489 e. The fourth-order valence-electron chi connectivity index (χ4n) is 3.38. The minimum atomic E-state index is -0.271. The second-order valence-corrected chi connectivity index (χ2v) is 7.24. The lowest BCUT2D eigenvalue weighted by Crippen LogP contribution is -2.37. The van der Waals surface area contributed by atoms with E-state index in [0.717, 1.165) is 23.1 Å². The molecule has 1 heterocycles. The number of ether oxygens (including phenoxy) is 1. The third-order valence-electron chi connectivity index (χ3n) is 4.88. The van der Waals surface area contributed by atoms with E-state index in [9.17, 15) is 9.18 Å². The summed E-state index contributed by atoms with van der Waals surface area (Å²) >= 11 is 5.94. The number of nitrogens with zero attached hydrogens (tertiary/aromatic N) is 1. The SMILES string of the molecule is O=C1c2cccc(OCc3ccc(F)cc3)c2CCN1Cc1ccc(Cl)cc1. The summed E-state index contributed by atoms with van der Waals surface area (Å²) in [6, 6.07) is 19.3. The van der Waals surface area contributed by atoms with Crippen LogP contribution >= 0.6 is 11.6 Å². The highest BCUT2D eigenvalue weighted by Crippen LogP contribution is 2.29. The van der Waals surface area contributed by atoms with Gasteiger partial charge in [-0.05, 0) is 53.9 Å². The van der Waals surface area contributed by atoms with Gasteiger partial charge < -0.3 is 9.64 Å². The molecule has 0 saturated carbocycles. The maximum atomic E-state index is 13.0. The van der Waals surface area contributed by atoms with Gasteiger partial charge in [0.15, 0.2) is 0 Å². The fourth-order valence-corrected chi connectivity index (χ4v) is 3.51. The molecule has 5 heteroatoms. The average molecular weight is 396 g/mol. The van der Waals surface area contributed by atoms with Gasteiger partial charge in [-0.25, -0.2) is 4.39 Å². The summed E-state index contributed by atoms with van der Waals surface area (Å²) in [5, 5.41) is 0.682. The Kier molecular flexibility index (Phi) is 5.31. The van der Waals surface area contributed by atoms with Gasteiger partial charge in [0.05, 0.1) is 0 Å². The number of hydrogen-bond donors (Lipinski definition) is 0. The quantitative estimate of drug-likeness (QED) is 0.590. The van der Waals surface area contributed by atoms with Gasteiger partial charge in [0.1, 0.15) is 18.2 Å². The number of halogens is 2. The lowest BCUT2D eigenvalue weighted by molar-refractivity contribution is 0.0725. The first-order valence-electron chi connectivity index (χ1n) is 9.13. The van der Waals surface area contributed by atoms with Crippen LogP contribution in [0, 0.1) is 5.82 Å². The molecular weight excluding hydrogens is 377 g/mol. The van der Waals surface area contributed by atoms with E-state index in [1.165, 1.54) is 12.1 Å². The van der Waals surface area contributed by atoms with Crippen LogP contribution in [0.25, 0.3) is 0 Å². The van der Waals surface area contributed by atoms with Crippen molar-refractivity contribution in [1.82, 2.24) is 4.90 Å². The molecule has 142 valence electrons. The second-order valence-electron chi connectivity index (χ2n) is 6.80. The first-order valence-corrected chi connectivity index (χ1v) is 9.51. The maximum absolute atomic E-state index is 13.0. The van der Waals surface area contributed by atoms with Crippen molar-refractivity contribution in [1.29, 1.82) is 0 Å². The molecule has 4 rings (SSSR count). The van der Waals surface area contributed by atoms with Gasteiger partial charge in [-0.1, -0.05) is 41.9 Å². The highest BCUT2D eigenvalue weighted by Gasteiger charge is 2.26. The Morgan fingerprint density at radius 1 is 0.964 bits per heavy atom. The van der Waals surface area contributed by atoms with Crippen LogP contribution in [0.15, 0.2) is 66.7 Å². The van der Waals surface area contributed by atoms with E-state index in [1.54, 1.807) is 12.1 Å². The molecule has 3 nitrogen and oxygen atoms in total. The summed E-state index contributed by atoms with van der Waals surface area (Å²) in [7, 11) is 0. The molecule has 3 aromatic carbocycles. The van der Waals surface area contributed by atoms with Gasteiger partial charge in [0.2, 0.25) is 0 Å². The molecular formula is C23H19ClFNO2. The number of hydrogen-bond acceptors (Lipinski definition) is 2. The van der Waals surface area contributed by atoms with Crippen molar-refractivity contribution in [2.75, 3.05) is 6.54 Å².